The third kappa shape index (κ3) is 3.79. The van der Waals surface area contributed by atoms with E-state index in [2.05, 4.69) is 27.6 Å². The van der Waals surface area contributed by atoms with E-state index in [1.54, 1.807) is 30.3 Å². The van der Waals surface area contributed by atoms with Gasteiger partial charge in [0.25, 0.3) is 5.91 Å². The highest BCUT2D eigenvalue weighted by molar-refractivity contribution is 7.89. The minimum absolute atomic E-state index is 0.0102. The van der Waals surface area contributed by atoms with Crippen LogP contribution in [0.4, 0.5) is 0 Å². The van der Waals surface area contributed by atoms with Crippen LogP contribution in [-0.2, 0) is 16.4 Å². The Balaban J connectivity index is 1.48. The monoisotopic (exact) mass is 446 g/mol. The van der Waals surface area contributed by atoms with Crippen LogP contribution in [-0.4, -0.2) is 24.5 Å². The van der Waals surface area contributed by atoms with Gasteiger partial charge in [-0.1, -0.05) is 36.4 Å². The number of aromatic amines is 1. The fraction of sp³-hybridized carbons (Fsp3) is 0.167. The maximum atomic E-state index is 13.1. The van der Waals surface area contributed by atoms with Crippen molar-refractivity contribution in [3.8, 4) is 11.3 Å². The molecule has 3 aromatic carbocycles. The molecule has 1 aliphatic carbocycles. The van der Waals surface area contributed by atoms with Crippen molar-refractivity contribution in [2.45, 2.75) is 30.2 Å². The van der Waals surface area contributed by atoms with Crippen LogP contribution in [0.2, 0.25) is 0 Å². The number of carbonyl (C=O) groups is 1. The molecule has 32 heavy (non-hydrogen) atoms. The fourth-order valence-electron chi connectivity index (χ4n) is 4.34. The number of fused-ring (bicyclic) bond motifs is 2. The molecule has 8 heteroatoms. The highest BCUT2D eigenvalue weighted by atomic mass is 32.2. The van der Waals surface area contributed by atoms with Crippen LogP contribution in [0.25, 0.3) is 22.2 Å². The predicted molar refractivity (Wildman–Crippen MR) is 122 cm³/mol. The van der Waals surface area contributed by atoms with Crippen molar-refractivity contribution in [3.05, 3.63) is 83.4 Å². The average Bonchev–Trinajstić information content (AvgIpc) is 3.22. The summed E-state index contributed by atoms with van der Waals surface area (Å²) in [4.78, 5) is 13.1. The summed E-state index contributed by atoms with van der Waals surface area (Å²) in [5, 5.41) is 16.5. The average molecular weight is 447 g/mol. The molecule has 7 nitrogen and oxygen atoms in total. The van der Waals surface area contributed by atoms with E-state index in [-0.39, 0.29) is 16.8 Å². The Kier molecular flexibility index (Phi) is 5.03. The molecule has 0 aliphatic heterocycles. The first-order valence-corrected chi connectivity index (χ1v) is 11.9. The molecule has 5 rings (SSSR count). The SMILES string of the molecule is NS(=O)(=O)c1cccc(-c2n[nH]c3ccc(C(=O)N[C@@H]4CCCc5ccccc54)cc23)c1. The number of nitrogens with zero attached hydrogens (tertiary/aromatic N) is 1. The summed E-state index contributed by atoms with van der Waals surface area (Å²) in [6, 6.07) is 19.9. The summed E-state index contributed by atoms with van der Waals surface area (Å²) < 4.78 is 23.5. The van der Waals surface area contributed by atoms with E-state index in [0.717, 1.165) is 30.2 Å². The lowest BCUT2D eigenvalue weighted by molar-refractivity contribution is 0.0933. The van der Waals surface area contributed by atoms with Crippen LogP contribution >= 0.6 is 0 Å². The molecule has 0 saturated heterocycles. The highest BCUT2D eigenvalue weighted by Crippen LogP contribution is 2.31. The molecule has 1 aromatic heterocycles. The molecule has 0 saturated carbocycles. The molecule has 1 amide bonds. The molecule has 0 fully saturated rings. The standard InChI is InChI=1S/C24H22N4O3S/c25-32(30,31)18-8-3-7-16(13-18)23-20-14-17(11-12-22(20)27-28-23)24(29)26-21-10-4-6-15-5-1-2-9-19(15)21/h1-3,5,7-9,11-14,21H,4,6,10H2,(H,26,29)(H,27,28)(H2,25,30,31)/t21-/m1/s1. The van der Waals surface area contributed by atoms with Crippen molar-refractivity contribution >= 4 is 26.8 Å². The van der Waals surface area contributed by atoms with Crippen LogP contribution in [0.1, 0.15) is 40.4 Å². The Morgan fingerprint density at radius 1 is 1.06 bits per heavy atom. The Bertz CT molecular complexity index is 1440. The first kappa shape index (κ1) is 20.4. The first-order chi connectivity index (χ1) is 15.4. The van der Waals surface area contributed by atoms with Gasteiger partial charge in [-0.3, -0.25) is 9.89 Å². The Hall–Kier alpha value is -3.49. The number of benzene rings is 3. The third-order valence-corrected chi connectivity index (χ3v) is 6.85. The van der Waals surface area contributed by atoms with E-state index in [9.17, 15) is 13.2 Å². The van der Waals surface area contributed by atoms with Gasteiger partial charge in [0, 0.05) is 16.5 Å². The lowest BCUT2D eigenvalue weighted by atomic mass is 9.87. The van der Waals surface area contributed by atoms with Crippen molar-refractivity contribution in [2.24, 2.45) is 5.14 Å². The quantitative estimate of drug-likeness (QED) is 0.443. The minimum atomic E-state index is -3.83. The van der Waals surface area contributed by atoms with Gasteiger partial charge in [-0.2, -0.15) is 5.10 Å². The maximum Gasteiger partial charge on any atom is 0.251 e. The third-order valence-electron chi connectivity index (χ3n) is 5.94. The van der Waals surface area contributed by atoms with Crippen LogP contribution in [0.3, 0.4) is 0 Å². The van der Waals surface area contributed by atoms with Gasteiger partial charge < -0.3 is 5.32 Å². The van der Waals surface area contributed by atoms with Gasteiger partial charge in [-0.25, -0.2) is 13.6 Å². The number of primary sulfonamides is 1. The van der Waals surface area contributed by atoms with Gasteiger partial charge in [0.1, 0.15) is 0 Å². The van der Waals surface area contributed by atoms with E-state index < -0.39 is 10.0 Å². The van der Waals surface area contributed by atoms with E-state index in [1.807, 2.05) is 12.1 Å². The van der Waals surface area contributed by atoms with Crippen LogP contribution in [0.5, 0.6) is 0 Å². The molecule has 162 valence electrons. The zero-order valence-corrected chi connectivity index (χ0v) is 18.0. The second-order valence-corrected chi connectivity index (χ2v) is 9.58. The summed E-state index contributed by atoms with van der Waals surface area (Å²) in [5.74, 6) is -0.154. The summed E-state index contributed by atoms with van der Waals surface area (Å²) in [7, 11) is -3.83. The molecular weight excluding hydrogens is 424 g/mol. The summed E-state index contributed by atoms with van der Waals surface area (Å²) >= 11 is 0. The van der Waals surface area contributed by atoms with E-state index >= 15 is 0 Å². The van der Waals surface area contributed by atoms with Crippen LogP contribution in [0.15, 0.2) is 71.6 Å². The van der Waals surface area contributed by atoms with Crippen LogP contribution < -0.4 is 10.5 Å². The van der Waals surface area contributed by atoms with Crippen molar-refractivity contribution in [1.82, 2.24) is 15.5 Å². The van der Waals surface area contributed by atoms with Gasteiger partial charge in [0.05, 0.1) is 22.1 Å². The van der Waals surface area contributed by atoms with Crippen molar-refractivity contribution in [1.29, 1.82) is 0 Å². The van der Waals surface area contributed by atoms with Crippen molar-refractivity contribution in [3.63, 3.8) is 0 Å². The molecule has 1 heterocycles. The largest absolute Gasteiger partial charge is 0.345 e. The number of aromatic nitrogens is 2. The molecule has 0 spiro atoms. The Labute approximate surface area is 185 Å². The molecule has 0 unspecified atom stereocenters. The lowest BCUT2D eigenvalue weighted by Gasteiger charge is -2.26. The molecule has 4 aromatic rings. The highest BCUT2D eigenvalue weighted by Gasteiger charge is 2.22. The second-order valence-electron chi connectivity index (χ2n) is 8.02. The van der Waals surface area contributed by atoms with E-state index in [1.165, 1.54) is 23.3 Å². The Morgan fingerprint density at radius 3 is 2.75 bits per heavy atom. The van der Waals surface area contributed by atoms with Gasteiger partial charge in [0.2, 0.25) is 10.0 Å². The predicted octanol–water partition coefficient (Wildman–Crippen LogP) is 3.68. The molecular formula is C24H22N4O3S. The smallest absolute Gasteiger partial charge is 0.251 e. The number of nitrogens with two attached hydrogens (primary N) is 1. The van der Waals surface area contributed by atoms with Gasteiger partial charge in [-0.15, -0.1) is 0 Å². The Morgan fingerprint density at radius 2 is 1.91 bits per heavy atom. The number of sulfonamides is 1. The molecule has 4 N–H and O–H groups in total. The number of aryl methyl sites for hydroxylation is 1. The summed E-state index contributed by atoms with van der Waals surface area (Å²) in [5.41, 5.74) is 4.89. The van der Waals surface area contributed by atoms with Crippen molar-refractivity contribution < 1.29 is 13.2 Å². The zero-order chi connectivity index (χ0) is 22.3. The molecule has 0 bridgehead atoms. The maximum absolute atomic E-state index is 13.1. The number of hydrogen-bond donors (Lipinski definition) is 3. The number of H-pyrrole nitrogens is 1. The second kappa shape index (κ2) is 7.89. The van der Waals surface area contributed by atoms with E-state index in [0.29, 0.717) is 16.8 Å². The number of rotatable bonds is 4. The lowest BCUT2D eigenvalue weighted by Crippen LogP contribution is -2.30. The summed E-state index contributed by atoms with van der Waals surface area (Å²) in [6.45, 7) is 0. The van der Waals surface area contributed by atoms with E-state index in [4.69, 9.17) is 5.14 Å². The summed E-state index contributed by atoms with van der Waals surface area (Å²) in [6.07, 6.45) is 2.97. The van der Waals surface area contributed by atoms with Gasteiger partial charge in [-0.05, 0) is 60.7 Å². The van der Waals surface area contributed by atoms with Crippen LogP contribution in [0, 0.1) is 0 Å². The normalized spacial score (nSPS) is 16.0. The topological polar surface area (TPSA) is 118 Å². The molecule has 1 atom stereocenters. The number of hydrogen-bond acceptors (Lipinski definition) is 4. The zero-order valence-electron chi connectivity index (χ0n) is 17.2. The number of amides is 1. The van der Waals surface area contributed by atoms with Crippen molar-refractivity contribution in [2.75, 3.05) is 0 Å². The fourth-order valence-corrected chi connectivity index (χ4v) is 4.90. The minimum Gasteiger partial charge on any atom is -0.345 e. The van der Waals surface area contributed by atoms with Gasteiger partial charge >= 0.3 is 0 Å². The molecule has 1 aliphatic rings. The van der Waals surface area contributed by atoms with Gasteiger partial charge in [0.15, 0.2) is 0 Å². The number of carbonyl (C=O) groups excluding carboxylic acids is 1. The first-order valence-electron chi connectivity index (χ1n) is 10.4. The number of nitrogens with one attached hydrogen (secondary N) is 2. The molecule has 0 radical (unpaired) electrons.